The molecule has 0 heterocycles. The Labute approximate surface area is 337 Å². The zero-order valence-corrected chi connectivity index (χ0v) is 37.4. The van der Waals surface area contributed by atoms with Crippen molar-refractivity contribution in [3.05, 3.63) is 102 Å². The minimum Gasteiger partial charge on any atom is -0.497 e. The van der Waals surface area contributed by atoms with Crippen molar-refractivity contribution in [3.63, 3.8) is 0 Å². The Morgan fingerprint density at radius 1 is 0.857 bits per heavy atom. The second kappa shape index (κ2) is 16.5. The summed E-state index contributed by atoms with van der Waals surface area (Å²) in [5.74, 6) is -0.272. The van der Waals surface area contributed by atoms with Gasteiger partial charge in [0.25, 0.3) is 8.32 Å². The van der Waals surface area contributed by atoms with E-state index in [2.05, 4.69) is 116 Å². The quantitative estimate of drug-likeness (QED) is 0.0863. The number of ether oxygens (including phenoxy) is 3. The third kappa shape index (κ3) is 7.10. The lowest BCUT2D eigenvalue weighted by Gasteiger charge is -2.48. The summed E-state index contributed by atoms with van der Waals surface area (Å²) in [4.78, 5) is 30.4. The van der Waals surface area contributed by atoms with Gasteiger partial charge in [-0.15, -0.1) is 0 Å². The van der Waals surface area contributed by atoms with E-state index in [0.717, 1.165) is 40.6 Å². The van der Waals surface area contributed by atoms with E-state index in [0.29, 0.717) is 32.5 Å². The first-order chi connectivity index (χ1) is 26.7. The molecule has 0 unspecified atom stereocenters. The number of esters is 1. The van der Waals surface area contributed by atoms with E-state index in [1.165, 1.54) is 17.5 Å². The molecular weight excluding hydrogens is 733 g/mol. The van der Waals surface area contributed by atoms with Gasteiger partial charge in [0.1, 0.15) is 5.75 Å². The summed E-state index contributed by atoms with van der Waals surface area (Å²) >= 11 is 0. The number of methoxy groups -OCH3 is 2. The molecule has 0 bridgehead atoms. The van der Waals surface area contributed by atoms with Crippen LogP contribution in [-0.2, 0) is 34.5 Å². The number of carbonyl (C=O) groups is 2. The van der Waals surface area contributed by atoms with Crippen LogP contribution in [0.3, 0.4) is 0 Å². The molecule has 3 aromatic rings. The molecule has 1 saturated carbocycles. The molecule has 9 heteroatoms. The number of carbonyl (C=O) groups excluding carboxylic acids is 2. The van der Waals surface area contributed by atoms with Crippen LogP contribution in [0.25, 0.3) is 0 Å². The Kier molecular flexibility index (Phi) is 12.4. The highest BCUT2D eigenvalue weighted by molar-refractivity contribution is 6.99. The highest BCUT2D eigenvalue weighted by atomic mass is 28.4. The van der Waals surface area contributed by atoms with Crippen LogP contribution in [-0.4, -0.2) is 61.4 Å². The maximum Gasteiger partial charge on any atom is 0.322 e. The van der Waals surface area contributed by atoms with Gasteiger partial charge in [-0.3, -0.25) is 9.59 Å². The predicted molar refractivity (Wildman–Crippen MR) is 228 cm³/mol. The first-order valence-corrected chi connectivity index (χ1v) is 25.2. The van der Waals surface area contributed by atoms with Gasteiger partial charge in [0.2, 0.25) is 0 Å². The maximum atomic E-state index is 15.6. The molecule has 56 heavy (non-hydrogen) atoms. The van der Waals surface area contributed by atoms with Gasteiger partial charge < -0.3 is 23.1 Å². The predicted octanol–water partition coefficient (Wildman–Crippen LogP) is 9.04. The molecule has 3 aromatic carbocycles. The zero-order chi connectivity index (χ0) is 40.5. The van der Waals surface area contributed by atoms with E-state index in [4.69, 9.17) is 23.1 Å². The van der Waals surface area contributed by atoms with Crippen LogP contribution in [0.2, 0.25) is 23.2 Å². The molecule has 0 aliphatic heterocycles. The van der Waals surface area contributed by atoms with Gasteiger partial charge in [-0.05, 0) is 93.3 Å². The normalized spacial score (nSPS) is 26.6. The van der Waals surface area contributed by atoms with Crippen molar-refractivity contribution in [1.82, 2.24) is 0 Å². The van der Waals surface area contributed by atoms with Gasteiger partial charge in [0.05, 0.1) is 33.0 Å². The molecule has 3 aliphatic rings. The highest BCUT2D eigenvalue weighted by Gasteiger charge is 2.73. The van der Waals surface area contributed by atoms with Crippen molar-refractivity contribution in [3.8, 4) is 5.75 Å². The van der Waals surface area contributed by atoms with Gasteiger partial charge in [0.15, 0.2) is 19.5 Å². The minimum absolute atomic E-state index is 0.0627. The number of allylic oxidation sites excluding steroid dienone is 1. The topological polar surface area (TPSA) is 80.3 Å². The van der Waals surface area contributed by atoms with E-state index in [-0.39, 0.29) is 22.8 Å². The molecule has 0 spiro atoms. The molecule has 0 saturated heterocycles. The van der Waals surface area contributed by atoms with Crippen LogP contribution in [0.1, 0.15) is 80.2 Å². The fraction of sp³-hybridized carbons (Fsp3) is 0.532. The maximum absolute atomic E-state index is 15.6. The molecule has 302 valence electrons. The lowest BCUT2D eigenvalue weighted by atomic mass is 9.59. The molecule has 7 nitrogen and oxygen atoms in total. The Morgan fingerprint density at radius 3 is 1.93 bits per heavy atom. The van der Waals surface area contributed by atoms with Crippen molar-refractivity contribution >= 4 is 38.8 Å². The third-order valence-electron chi connectivity index (χ3n) is 13.9. The van der Waals surface area contributed by atoms with Crippen molar-refractivity contribution in [1.29, 1.82) is 0 Å². The fourth-order valence-corrected chi connectivity index (χ4v) is 18.2. The molecule has 6 rings (SSSR count). The summed E-state index contributed by atoms with van der Waals surface area (Å²) in [6.07, 6.45) is 0.908. The summed E-state index contributed by atoms with van der Waals surface area (Å²) in [7, 11) is -2.20. The second-order valence-corrected chi connectivity index (χ2v) is 26.9. The first-order valence-electron chi connectivity index (χ1n) is 20.7. The van der Waals surface area contributed by atoms with Crippen LogP contribution in [0.15, 0.2) is 96.1 Å². The molecule has 3 aliphatic carbocycles. The van der Waals surface area contributed by atoms with Gasteiger partial charge in [-0.25, -0.2) is 0 Å². The Balaban J connectivity index is 1.48. The molecule has 6 atom stereocenters. The summed E-state index contributed by atoms with van der Waals surface area (Å²) in [6, 6.07) is 32.0. The molecule has 0 amide bonds. The third-order valence-corrected chi connectivity index (χ3v) is 23.5. The Bertz CT molecular complexity index is 1820. The monoisotopic (exact) mass is 796 g/mol. The highest BCUT2D eigenvalue weighted by Crippen LogP contribution is 2.65. The summed E-state index contributed by atoms with van der Waals surface area (Å²) in [5.41, 5.74) is 0.726. The van der Waals surface area contributed by atoms with E-state index >= 15 is 4.79 Å². The van der Waals surface area contributed by atoms with Crippen molar-refractivity contribution in [2.45, 2.75) is 117 Å². The number of rotatable bonds is 15. The van der Waals surface area contributed by atoms with Gasteiger partial charge in [-0.2, -0.15) is 0 Å². The summed E-state index contributed by atoms with van der Waals surface area (Å²) < 4.78 is 33.0. The van der Waals surface area contributed by atoms with Crippen LogP contribution in [0.4, 0.5) is 0 Å². The Morgan fingerprint density at radius 2 is 1.43 bits per heavy atom. The molecular formula is C47H64O7Si2. The van der Waals surface area contributed by atoms with Crippen molar-refractivity contribution in [2.24, 2.45) is 22.7 Å². The largest absolute Gasteiger partial charge is 0.497 e. The number of hydrogen-bond acceptors (Lipinski definition) is 7. The lowest BCUT2D eigenvalue weighted by molar-refractivity contribution is -0.168. The average molecular weight is 797 g/mol. The van der Waals surface area contributed by atoms with Gasteiger partial charge in [0, 0.05) is 12.2 Å². The lowest BCUT2D eigenvalue weighted by Crippen LogP contribution is -2.67. The molecule has 0 N–H and O–H groups in total. The number of hydrogen-bond donors (Lipinski definition) is 0. The van der Waals surface area contributed by atoms with E-state index < -0.39 is 45.5 Å². The smallest absolute Gasteiger partial charge is 0.322 e. The first kappa shape index (κ1) is 42.3. The molecule has 0 aromatic heterocycles. The second-order valence-electron chi connectivity index (χ2n) is 17.8. The van der Waals surface area contributed by atoms with Crippen molar-refractivity contribution in [2.75, 3.05) is 20.8 Å². The fourth-order valence-electron chi connectivity index (χ4n) is 10.6. The standard InChI is InChI=1S/C47H64O7Si2/c1-11-55(12-2,13-3)54-41-30-46(8,32-53-56(45(5,6)7,36-20-16-14-17-21-36)37-22-18-15-19-23-37)40-29-38-39(52-31-34-24-26-35(50-9)27-25-34)28-33(4)42(38)43(48)47(40,41)44(49)51-10/h14-27,33,39-41H,11-13,28-32H2,1-10H3/t33-,39+,40+,41+,46+,47-/m0/s1. The van der Waals surface area contributed by atoms with Crippen LogP contribution in [0.5, 0.6) is 5.75 Å². The van der Waals surface area contributed by atoms with Crippen LogP contribution in [0, 0.1) is 22.7 Å². The Hall–Kier alpha value is -3.35. The number of fused-ring (bicyclic) bond motifs is 1. The van der Waals surface area contributed by atoms with E-state index in [9.17, 15) is 4.79 Å². The molecule has 1 fully saturated rings. The van der Waals surface area contributed by atoms with Crippen LogP contribution < -0.4 is 15.1 Å². The van der Waals surface area contributed by atoms with Gasteiger partial charge in [-0.1, -0.05) is 128 Å². The average Bonchev–Trinajstić information content (AvgIpc) is 3.66. The zero-order valence-electron chi connectivity index (χ0n) is 35.4. The van der Waals surface area contributed by atoms with E-state index in [1.54, 1.807) is 7.11 Å². The summed E-state index contributed by atoms with van der Waals surface area (Å²) in [5, 5.41) is 2.15. The van der Waals surface area contributed by atoms with Crippen LogP contribution >= 0.6 is 0 Å². The van der Waals surface area contributed by atoms with Gasteiger partial charge >= 0.3 is 5.97 Å². The van der Waals surface area contributed by atoms with E-state index in [1.807, 2.05) is 24.3 Å². The minimum atomic E-state index is -2.97. The SMILES string of the molecule is CC[Si](CC)(CC)O[C@@H]1C[C@](C)(CO[Si](c2ccccc2)(c2ccccc2)C(C)(C)C)[C@H]2CC3=C(C(=O)[C@]21C(=O)OC)[C@@H](C)C[C@H]3OCc1ccc(OC)cc1. The summed E-state index contributed by atoms with van der Waals surface area (Å²) in [6.45, 7) is 18.6. The number of ketones is 1. The molecule has 0 radical (unpaired) electrons. The number of Topliss-reactive ketones (excluding diaryl/α,β-unsaturated/α-hetero) is 1. The van der Waals surface area contributed by atoms with Crippen molar-refractivity contribution < 1.29 is 32.7 Å². The number of benzene rings is 3.